The molecule has 1 N–H and O–H groups in total. The van der Waals surface area contributed by atoms with Crippen LogP contribution in [0.4, 0.5) is 0 Å². The molecule has 2 heteroatoms. The van der Waals surface area contributed by atoms with Gasteiger partial charge in [-0.3, -0.25) is 0 Å². The van der Waals surface area contributed by atoms with E-state index in [2.05, 4.69) is 26.0 Å². The van der Waals surface area contributed by atoms with E-state index in [1.54, 1.807) is 7.11 Å². The van der Waals surface area contributed by atoms with Crippen LogP contribution >= 0.6 is 0 Å². The molecule has 2 nitrogen and oxygen atoms in total. The van der Waals surface area contributed by atoms with Crippen LogP contribution in [0.5, 0.6) is 5.75 Å². The average molecular weight is 234 g/mol. The maximum Gasteiger partial charge on any atom is 0.119 e. The average Bonchev–Trinajstić information content (AvgIpc) is 2.26. The Hall–Kier alpha value is -1.02. The third-order valence-corrected chi connectivity index (χ3v) is 3.58. The Morgan fingerprint density at radius 2 is 2.12 bits per heavy atom. The van der Waals surface area contributed by atoms with Gasteiger partial charge in [-0.25, -0.2) is 0 Å². The van der Waals surface area contributed by atoms with Gasteiger partial charge < -0.3 is 9.84 Å². The topological polar surface area (TPSA) is 29.5 Å². The molecular formula is C15H22O2. The summed E-state index contributed by atoms with van der Waals surface area (Å²) in [7, 11) is 1.69. The van der Waals surface area contributed by atoms with Crippen LogP contribution in [-0.2, 0) is 12.8 Å². The number of methoxy groups -OCH3 is 1. The van der Waals surface area contributed by atoms with Gasteiger partial charge in [0.25, 0.3) is 0 Å². The Labute approximate surface area is 104 Å². The molecule has 0 fully saturated rings. The Morgan fingerprint density at radius 3 is 2.76 bits per heavy atom. The number of fused-ring (bicyclic) bond motifs is 1. The maximum atomic E-state index is 10.6. The van der Waals surface area contributed by atoms with Gasteiger partial charge in [0.2, 0.25) is 0 Å². The highest BCUT2D eigenvalue weighted by atomic mass is 16.5. The Morgan fingerprint density at radius 1 is 1.35 bits per heavy atom. The Bertz CT molecular complexity index is 398. The molecule has 0 aromatic heterocycles. The molecule has 2 rings (SSSR count). The van der Waals surface area contributed by atoms with Gasteiger partial charge in [-0.15, -0.1) is 0 Å². The van der Waals surface area contributed by atoms with Gasteiger partial charge in [0.15, 0.2) is 0 Å². The minimum absolute atomic E-state index is 0.520. The summed E-state index contributed by atoms with van der Waals surface area (Å²) in [5, 5.41) is 10.6. The number of ether oxygens (including phenoxy) is 1. The lowest BCUT2D eigenvalue weighted by atomic mass is 9.76. The number of hydrogen-bond donors (Lipinski definition) is 1. The second-order valence-electron chi connectivity index (χ2n) is 5.63. The summed E-state index contributed by atoms with van der Waals surface area (Å²) in [6.45, 7) is 4.33. The minimum Gasteiger partial charge on any atom is -0.497 e. The van der Waals surface area contributed by atoms with Crippen molar-refractivity contribution in [2.75, 3.05) is 7.11 Å². The number of rotatable bonds is 3. The second-order valence-corrected chi connectivity index (χ2v) is 5.63. The van der Waals surface area contributed by atoms with E-state index in [0.717, 1.165) is 31.4 Å². The minimum atomic E-state index is -0.520. The van der Waals surface area contributed by atoms with Crippen molar-refractivity contribution in [2.45, 2.75) is 45.1 Å². The highest BCUT2D eigenvalue weighted by Crippen LogP contribution is 2.34. The molecule has 0 bridgehead atoms. The lowest BCUT2D eigenvalue weighted by Crippen LogP contribution is -2.37. The molecule has 17 heavy (non-hydrogen) atoms. The molecule has 1 unspecified atom stereocenters. The summed E-state index contributed by atoms with van der Waals surface area (Å²) in [5.41, 5.74) is 2.09. The van der Waals surface area contributed by atoms with Gasteiger partial charge in [0.1, 0.15) is 5.75 Å². The van der Waals surface area contributed by atoms with Gasteiger partial charge in [-0.2, -0.15) is 0 Å². The van der Waals surface area contributed by atoms with Crippen molar-refractivity contribution < 1.29 is 9.84 Å². The molecule has 0 saturated heterocycles. The SMILES string of the molecule is COc1ccc2c(c1)CC(O)(CC(C)C)CC2. The number of benzene rings is 1. The van der Waals surface area contributed by atoms with E-state index in [4.69, 9.17) is 4.74 Å². The summed E-state index contributed by atoms with van der Waals surface area (Å²) in [5.74, 6) is 1.42. The third-order valence-electron chi connectivity index (χ3n) is 3.58. The van der Waals surface area contributed by atoms with Crippen LogP contribution < -0.4 is 4.74 Å². The summed E-state index contributed by atoms with van der Waals surface area (Å²) >= 11 is 0. The highest BCUT2D eigenvalue weighted by molar-refractivity contribution is 5.38. The van der Waals surface area contributed by atoms with Crippen molar-refractivity contribution in [2.24, 2.45) is 5.92 Å². The summed E-state index contributed by atoms with van der Waals surface area (Å²) in [4.78, 5) is 0. The van der Waals surface area contributed by atoms with E-state index in [1.165, 1.54) is 11.1 Å². The van der Waals surface area contributed by atoms with Crippen molar-refractivity contribution in [3.8, 4) is 5.75 Å². The van der Waals surface area contributed by atoms with Gasteiger partial charge in [0, 0.05) is 6.42 Å². The monoisotopic (exact) mass is 234 g/mol. The largest absolute Gasteiger partial charge is 0.497 e. The van der Waals surface area contributed by atoms with Crippen molar-refractivity contribution >= 4 is 0 Å². The first kappa shape index (κ1) is 12.4. The highest BCUT2D eigenvalue weighted by Gasteiger charge is 2.32. The lowest BCUT2D eigenvalue weighted by Gasteiger charge is -2.35. The van der Waals surface area contributed by atoms with Gasteiger partial charge in [-0.1, -0.05) is 19.9 Å². The molecule has 0 spiro atoms. The van der Waals surface area contributed by atoms with Crippen LogP contribution in [0.3, 0.4) is 0 Å². The van der Waals surface area contributed by atoms with Gasteiger partial charge in [-0.05, 0) is 48.4 Å². The summed E-state index contributed by atoms with van der Waals surface area (Å²) in [6.07, 6.45) is 3.49. The van der Waals surface area contributed by atoms with Crippen LogP contribution in [0.1, 0.15) is 37.8 Å². The first-order valence-electron chi connectivity index (χ1n) is 6.40. The van der Waals surface area contributed by atoms with E-state index < -0.39 is 5.60 Å². The van der Waals surface area contributed by atoms with E-state index in [1.807, 2.05) is 6.07 Å². The van der Waals surface area contributed by atoms with Crippen molar-refractivity contribution in [1.29, 1.82) is 0 Å². The van der Waals surface area contributed by atoms with E-state index in [9.17, 15) is 5.11 Å². The Balaban J connectivity index is 2.21. The predicted molar refractivity (Wildman–Crippen MR) is 69.4 cm³/mol. The Kier molecular flexibility index (Phi) is 3.43. The number of aliphatic hydroxyl groups is 1. The summed E-state index contributed by atoms with van der Waals surface area (Å²) < 4.78 is 5.25. The van der Waals surface area contributed by atoms with Crippen molar-refractivity contribution in [1.82, 2.24) is 0 Å². The second kappa shape index (κ2) is 4.69. The molecule has 0 radical (unpaired) electrons. The molecule has 1 aliphatic rings. The van der Waals surface area contributed by atoms with Crippen molar-refractivity contribution in [3.63, 3.8) is 0 Å². The zero-order valence-corrected chi connectivity index (χ0v) is 11.0. The van der Waals surface area contributed by atoms with Crippen LogP contribution in [0.25, 0.3) is 0 Å². The predicted octanol–water partition coefficient (Wildman–Crippen LogP) is 2.96. The third kappa shape index (κ3) is 2.81. The van der Waals surface area contributed by atoms with Gasteiger partial charge in [0.05, 0.1) is 12.7 Å². The molecule has 1 atom stereocenters. The van der Waals surface area contributed by atoms with Crippen molar-refractivity contribution in [3.05, 3.63) is 29.3 Å². The van der Waals surface area contributed by atoms with E-state index in [0.29, 0.717) is 5.92 Å². The standard InChI is InChI=1S/C15H22O2/c1-11(2)9-15(16)7-6-12-4-5-14(17-3)8-13(12)10-15/h4-5,8,11,16H,6-7,9-10H2,1-3H3. The number of hydrogen-bond acceptors (Lipinski definition) is 2. The van der Waals surface area contributed by atoms with E-state index in [-0.39, 0.29) is 0 Å². The fraction of sp³-hybridized carbons (Fsp3) is 0.600. The van der Waals surface area contributed by atoms with Crippen LogP contribution in [0, 0.1) is 5.92 Å². The summed E-state index contributed by atoms with van der Waals surface area (Å²) in [6, 6.07) is 6.20. The smallest absolute Gasteiger partial charge is 0.119 e. The molecule has 94 valence electrons. The molecular weight excluding hydrogens is 212 g/mol. The van der Waals surface area contributed by atoms with Crippen LogP contribution in [-0.4, -0.2) is 17.8 Å². The molecule has 0 aliphatic heterocycles. The fourth-order valence-corrected chi connectivity index (χ4v) is 2.88. The molecule has 0 amide bonds. The van der Waals surface area contributed by atoms with Crippen LogP contribution in [0.2, 0.25) is 0 Å². The maximum absolute atomic E-state index is 10.6. The normalized spacial score (nSPS) is 23.6. The fourth-order valence-electron chi connectivity index (χ4n) is 2.88. The zero-order chi connectivity index (χ0) is 12.5. The molecule has 1 aromatic carbocycles. The van der Waals surface area contributed by atoms with Crippen LogP contribution in [0.15, 0.2) is 18.2 Å². The van der Waals surface area contributed by atoms with Gasteiger partial charge >= 0.3 is 0 Å². The zero-order valence-electron chi connectivity index (χ0n) is 11.0. The molecule has 0 heterocycles. The molecule has 0 saturated carbocycles. The first-order chi connectivity index (χ1) is 8.02. The quantitative estimate of drug-likeness (QED) is 0.871. The van der Waals surface area contributed by atoms with E-state index >= 15 is 0 Å². The molecule has 1 aromatic rings. The number of aryl methyl sites for hydroxylation is 1. The lowest BCUT2D eigenvalue weighted by molar-refractivity contribution is 0.00668. The first-order valence-corrected chi connectivity index (χ1v) is 6.40. The molecule has 1 aliphatic carbocycles.